The molecule has 15 nitrogen and oxygen atoms in total. The van der Waals surface area contributed by atoms with Crippen LogP contribution in [0.25, 0.3) is 0 Å². The van der Waals surface area contributed by atoms with Crippen LogP contribution >= 0.6 is 0 Å². The molecule has 2 heterocycles. The van der Waals surface area contributed by atoms with Crippen molar-refractivity contribution in [2.75, 3.05) is 26.4 Å². The molecule has 0 radical (unpaired) electrons. The minimum Gasteiger partial charge on any atom is -0.388 e. The van der Waals surface area contributed by atoms with Crippen molar-refractivity contribution in [2.45, 2.75) is 189 Å². The van der Waals surface area contributed by atoms with Crippen LogP contribution in [0.1, 0.15) is 97.3 Å². The van der Waals surface area contributed by atoms with Crippen molar-refractivity contribution in [3.05, 3.63) is 0 Å². The molecule has 0 bridgehead atoms. The van der Waals surface area contributed by atoms with Crippen LogP contribution in [0.5, 0.6) is 0 Å². The quantitative estimate of drug-likeness (QED) is 0.0641. The molecular formula is C34H68N4O11. The highest BCUT2D eigenvalue weighted by atomic mass is 16.7. The van der Waals surface area contributed by atoms with E-state index in [9.17, 15) is 25.5 Å². The van der Waals surface area contributed by atoms with Gasteiger partial charge in [-0.2, -0.15) is 0 Å². The Kier molecular flexibility index (Phi) is 19.6. The predicted molar refractivity (Wildman–Crippen MR) is 182 cm³/mol. The lowest BCUT2D eigenvalue weighted by molar-refractivity contribution is -0.333. The van der Waals surface area contributed by atoms with Crippen LogP contribution in [0, 0.1) is 0 Å². The molecule has 15 atom stereocenters. The molecule has 0 aromatic rings. The smallest absolute Gasteiger partial charge is 0.187 e. The van der Waals surface area contributed by atoms with E-state index in [-0.39, 0.29) is 19.6 Å². The summed E-state index contributed by atoms with van der Waals surface area (Å²) in [5.41, 5.74) is 24.9. The second-order valence-corrected chi connectivity index (χ2v) is 14.1. The highest BCUT2D eigenvalue weighted by Crippen LogP contribution is 2.32. The maximum atomic E-state index is 11.4. The van der Waals surface area contributed by atoms with Crippen LogP contribution in [-0.4, -0.2) is 144 Å². The van der Waals surface area contributed by atoms with Crippen molar-refractivity contribution >= 4 is 0 Å². The highest BCUT2D eigenvalue weighted by Gasteiger charge is 2.52. The van der Waals surface area contributed by atoms with Gasteiger partial charge in [0.25, 0.3) is 0 Å². The average molecular weight is 709 g/mol. The van der Waals surface area contributed by atoms with Crippen molar-refractivity contribution < 1.29 is 54.0 Å². The fourth-order valence-corrected chi connectivity index (χ4v) is 6.88. The Bertz CT molecular complexity index is 882. The van der Waals surface area contributed by atoms with Gasteiger partial charge in [0.05, 0.1) is 12.6 Å². The maximum Gasteiger partial charge on any atom is 0.187 e. The Hall–Kier alpha value is -0.600. The van der Waals surface area contributed by atoms with Gasteiger partial charge in [0.2, 0.25) is 0 Å². The number of ether oxygens (including phenoxy) is 6. The van der Waals surface area contributed by atoms with E-state index in [1.54, 1.807) is 0 Å². The summed E-state index contributed by atoms with van der Waals surface area (Å²) in [5, 5.41) is 53.7. The standard InChI is InChI=1S/C34H68N4O11/c1-3-5-7-9-11-13-15-44-19-23-32(45-16-14-12-10-8-6-4-2)24(38)26(40)33(47-23)48-30-20(36)17-21(37)31(29(30)43)49-34-28(42)27(41)25(39)22(18-35)46-34/h20-34,39-43H,3-19,35-38H2,1-2H3/t20-,21+,22-,23-,24-,25-,26-,27+,28-,29-,30+,31-,32-,33-,34-/m1/s1. The molecular weight excluding hydrogens is 640 g/mol. The molecule has 0 spiro atoms. The largest absolute Gasteiger partial charge is 0.388 e. The maximum absolute atomic E-state index is 11.4. The van der Waals surface area contributed by atoms with Crippen LogP contribution in [0.2, 0.25) is 0 Å². The minimum atomic E-state index is -1.64. The molecule has 15 heteroatoms. The lowest BCUT2D eigenvalue weighted by Gasteiger charge is -2.48. The molecule has 2 aliphatic heterocycles. The van der Waals surface area contributed by atoms with Gasteiger partial charge in [0, 0.05) is 31.8 Å². The minimum absolute atomic E-state index is 0.143. The fourth-order valence-electron chi connectivity index (χ4n) is 6.88. The van der Waals surface area contributed by atoms with Gasteiger partial charge in [-0.3, -0.25) is 0 Å². The van der Waals surface area contributed by atoms with Crippen LogP contribution in [0.15, 0.2) is 0 Å². The van der Waals surface area contributed by atoms with Crippen LogP contribution in [-0.2, 0) is 28.4 Å². The van der Waals surface area contributed by atoms with Gasteiger partial charge < -0.3 is 76.9 Å². The topological polar surface area (TPSA) is 261 Å². The molecule has 3 fully saturated rings. The van der Waals surface area contributed by atoms with E-state index in [4.69, 9.17) is 51.4 Å². The number of aliphatic hydroxyl groups excluding tert-OH is 5. The molecule has 3 rings (SSSR count). The van der Waals surface area contributed by atoms with Gasteiger partial charge in [0.1, 0.15) is 61.0 Å². The van der Waals surface area contributed by atoms with E-state index in [1.165, 1.54) is 38.5 Å². The zero-order valence-electron chi connectivity index (χ0n) is 29.7. The third kappa shape index (κ3) is 12.5. The molecule has 49 heavy (non-hydrogen) atoms. The first kappa shape index (κ1) is 42.8. The number of unbranched alkanes of at least 4 members (excludes halogenated alkanes) is 10. The second-order valence-electron chi connectivity index (χ2n) is 14.1. The van der Waals surface area contributed by atoms with Gasteiger partial charge in [-0.1, -0.05) is 78.1 Å². The SMILES string of the molecule is CCCCCCCCOC[C@H]1O[C@H](O[C@@H]2[C@@H](O)[C@H](O[C@H]3O[C@H](CN)[C@@H](O)[C@H](O)[C@H]3O)[C@@H](N)C[C@H]2N)[C@H](O)[C@@H](N)[C@@H]1OCCCCCCCC. The Balaban J connectivity index is 1.65. The monoisotopic (exact) mass is 708 g/mol. The third-order valence-corrected chi connectivity index (χ3v) is 10.0. The Morgan fingerprint density at radius 3 is 1.65 bits per heavy atom. The van der Waals surface area contributed by atoms with Crippen LogP contribution < -0.4 is 22.9 Å². The van der Waals surface area contributed by atoms with Gasteiger partial charge in [-0.15, -0.1) is 0 Å². The Morgan fingerprint density at radius 2 is 1.08 bits per heavy atom. The Morgan fingerprint density at radius 1 is 0.571 bits per heavy atom. The first-order valence-electron chi connectivity index (χ1n) is 18.7. The van der Waals surface area contributed by atoms with E-state index >= 15 is 0 Å². The van der Waals surface area contributed by atoms with E-state index in [1.807, 2.05) is 0 Å². The number of aliphatic hydroxyl groups is 5. The molecule has 0 unspecified atom stereocenters. The van der Waals surface area contributed by atoms with Crippen molar-refractivity contribution in [3.8, 4) is 0 Å². The van der Waals surface area contributed by atoms with E-state index in [0.717, 1.165) is 38.5 Å². The molecule has 1 aliphatic carbocycles. The highest BCUT2D eigenvalue weighted by molar-refractivity contribution is 5.01. The molecule has 13 N–H and O–H groups in total. The molecule has 2 saturated heterocycles. The summed E-state index contributed by atoms with van der Waals surface area (Å²) in [4.78, 5) is 0. The van der Waals surface area contributed by atoms with Crippen molar-refractivity contribution in [2.24, 2.45) is 22.9 Å². The van der Waals surface area contributed by atoms with Crippen LogP contribution in [0.4, 0.5) is 0 Å². The molecule has 0 aromatic carbocycles. The number of nitrogens with two attached hydrogens (primary N) is 4. The van der Waals surface area contributed by atoms with Crippen molar-refractivity contribution in [1.29, 1.82) is 0 Å². The molecule has 3 aliphatic rings. The average Bonchev–Trinajstić information content (AvgIpc) is 3.08. The third-order valence-electron chi connectivity index (χ3n) is 10.0. The van der Waals surface area contributed by atoms with E-state index < -0.39 is 91.7 Å². The lowest BCUT2D eigenvalue weighted by atomic mass is 9.84. The Labute approximate surface area is 292 Å². The van der Waals surface area contributed by atoms with Gasteiger partial charge in [-0.25, -0.2) is 0 Å². The fraction of sp³-hybridized carbons (Fsp3) is 1.00. The summed E-state index contributed by atoms with van der Waals surface area (Å²) in [6.45, 7) is 5.42. The second kappa shape index (κ2) is 22.5. The van der Waals surface area contributed by atoms with Gasteiger partial charge >= 0.3 is 0 Å². The van der Waals surface area contributed by atoms with E-state index in [2.05, 4.69) is 13.8 Å². The lowest BCUT2D eigenvalue weighted by Crippen LogP contribution is -2.68. The summed E-state index contributed by atoms with van der Waals surface area (Å²) in [7, 11) is 0. The van der Waals surface area contributed by atoms with Crippen LogP contribution in [0.3, 0.4) is 0 Å². The molecule has 1 saturated carbocycles. The number of rotatable bonds is 22. The summed E-state index contributed by atoms with van der Waals surface area (Å²) < 4.78 is 36.1. The van der Waals surface area contributed by atoms with Crippen molar-refractivity contribution in [1.82, 2.24) is 0 Å². The normalized spacial score (nSPS) is 40.1. The van der Waals surface area contributed by atoms with E-state index in [0.29, 0.717) is 13.2 Å². The zero-order chi connectivity index (χ0) is 35.9. The number of hydrogen-bond acceptors (Lipinski definition) is 15. The summed E-state index contributed by atoms with van der Waals surface area (Å²) in [6.07, 6.45) is -1.21. The van der Waals surface area contributed by atoms with Gasteiger partial charge in [-0.05, 0) is 19.3 Å². The molecule has 0 amide bonds. The predicted octanol–water partition coefficient (Wildman–Crippen LogP) is -0.522. The number of hydrogen-bond donors (Lipinski definition) is 9. The zero-order valence-corrected chi connectivity index (χ0v) is 29.7. The van der Waals surface area contributed by atoms with Gasteiger partial charge in [0.15, 0.2) is 12.6 Å². The summed E-state index contributed by atoms with van der Waals surface area (Å²) in [5.74, 6) is 0. The summed E-state index contributed by atoms with van der Waals surface area (Å²) >= 11 is 0. The molecule has 0 aromatic heterocycles. The molecule has 290 valence electrons. The van der Waals surface area contributed by atoms with Crippen molar-refractivity contribution in [3.63, 3.8) is 0 Å². The first-order chi connectivity index (χ1) is 23.5. The summed E-state index contributed by atoms with van der Waals surface area (Å²) in [6, 6.07) is -2.45. The first-order valence-corrected chi connectivity index (χ1v) is 18.7.